The first-order chi connectivity index (χ1) is 14.0. The van der Waals surface area contributed by atoms with Crippen LogP contribution >= 0.6 is 11.3 Å². The summed E-state index contributed by atoms with van der Waals surface area (Å²) in [7, 11) is 0. The van der Waals surface area contributed by atoms with Crippen molar-refractivity contribution in [1.29, 1.82) is 0 Å². The molecule has 9 heteroatoms. The molecule has 2 amide bonds. The van der Waals surface area contributed by atoms with Crippen molar-refractivity contribution in [3.8, 4) is 11.5 Å². The summed E-state index contributed by atoms with van der Waals surface area (Å²) in [5, 5.41) is 7.01. The van der Waals surface area contributed by atoms with Gasteiger partial charge in [-0.15, -0.1) is 11.3 Å². The van der Waals surface area contributed by atoms with Crippen LogP contribution in [0.5, 0.6) is 11.5 Å². The number of hydrogen-bond donors (Lipinski definition) is 2. The molecule has 8 nitrogen and oxygen atoms in total. The molecule has 1 heterocycles. The first kappa shape index (κ1) is 22.2. The van der Waals surface area contributed by atoms with Gasteiger partial charge in [-0.05, 0) is 43.5 Å². The van der Waals surface area contributed by atoms with E-state index in [-0.39, 0.29) is 6.54 Å². The average molecular weight is 420 g/mol. The van der Waals surface area contributed by atoms with E-state index in [4.69, 9.17) is 14.2 Å². The molecule has 29 heavy (non-hydrogen) atoms. The predicted molar refractivity (Wildman–Crippen MR) is 108 cm³/mol. The van der Waals surface area contributed by atoms with Gasteiger partial charge in [-0.2, -0.15) is 0 Å². The molecule has 0 radical (unpaired) electrons. The van der Waals surface area contributed by atoms with Gasteiger partial charge in [0.2, 0.25) is 0 Å². The normalized spacial score (nSPS) is 10.1. The van der Waals surface area contributed by atoms with E-state index in [0.29, 0.717) is 36.8 Å². The van der Waals surface area contributed by atoms with Crippen LogP contribution in [-0.2, 0) is 20.9 Å². The Balaban J connectivity index is 1.76. The third-order valence-corrected chi connectivity index (χ3v) is 4.48. The van der Waals surface area contributed by atoms with Gasteiger partial charge in [-0.25, -0.2) is 0 Å². The third kappa shape index (κ3) is 7.46. The van der Waals surface area contributed by atoms with Gasteiger partial charge in [0.05, 0.1) is 19.8 Å². The maximum atomic E-state index is 12.3. The lowest BCUT2D eigenvalue weighted by Crippen LogP contribution is -2.33. The minimum Gasteiger partial charge on any atom is -0.490 e. The summed E-state index contributed by atoms with van der Waals surface area (Å²) in [6.07, 6.45) is 0. The summed E-state index contributed by atoms with van der Waals surface area (Å²) in [6.45, 7) is 4.19. The lowest BCUT2D eigenvalue weighted by molar-refractivity contribution is -0.147. The smallest absolute Gasteiger partial charge is 0.325 e. The number of hydrogen-bond acceptors (Lipinski definition) is 7. The molecule has 2 rings (SSSR count). The molecule has 0 unspecified atom stereocenters. The second-order valence-electron chi connectivity index (χ2n) is 5.73. The van der Waals surface area contributed by atoms with Crippen LogP contribution in [0, 0.1) is 0 Å². The molecule has 0 aliphatic carbocycles. The van der Waals surface area contributed by atoms with E-state index >= 15 is 0 Å². The molecule has 2 N–H and O–H groups in total. The van der Waals surface area contributed by atoms with Crippen LogP contribution in [0.2, 0.25) is 0 Å². The summed E-state index contributed by atoms with van der Waals surface area (Å²) in [6, 6.07) is 8.54. The Labute approximate surface area is 173 Å². The minimum atomic E-state index is -0.708. The Kier molecular flexibility index (Phi) is 8.97. The molecule has 0 aliphatic rings. The van der Waals surface area contributed by atoms with Crippen LogP contribution < -0.4 is 20.1 Å². The van der Waals surface area contributed by atoms with E-state index in [1.807, 2.05) is 31.4 Å². The number of benzene rings is 1. The van der Waals surface area contributed by atoms with Gasteiger partial charge in [0.25, 0.3) is 11.8 Å². The molecule has 2 aromatic rings. The van der Waals surface area contributed by atoms with E-state index in [0.717, 1.165) is 4.88 Å². The van der Waals surface area contributed by atoms with Crippen LogP contribution in [0.4, 0.5) is 0 Å². The van der Waals surface area contributed by atoms with Crippen molar-refractivity contribution in [1.82, 2.24) is 10.6 Å². The van der Waals surface area contributed by atoms with Crippen LogP contribution in [0.15, 0.2) is 35.7 Å². The molecule has 0 saturated heterocycles. The average Bonchev–Trinajstić information content (AvgIpc) is 3.24. The maximum absolute atomic E-state index is 12.3. The summed E-state index contributed by atoms with van der Waals surface area (Å²) in [5.74, 6) is -0.592. The highest BCUT2D eigenvalue weighted by Gasteiger charge is 2.14. The van der Waals surface area contributed by atoms with Gasteiger partial charge < -0.3 is 24.8 Å². The van der Waals surface area contributed by atoms with Crippen molar-refractivity contribution >= 4 is 29.1 Å². The van der Waals surface area contributed by atoms with Gasteiger partial charge in [-0.1, -0.05) is 6.07 Å². The molecule has 0 atom stereocenters. The first-order valence-corrected chi connectivity index (χ1v) is 10.0. The van der Waals surface area contributed by atoms with E-state index in [2.05, 4.69) is 10.6 Å². The van der Waals surface area contributed by atoms with Crippen molar-refractivity contribution in [2.24, 2.45) is 0 Å². The number of carbonyl (C=O) groups excluding carboxylic acids is 3. The Morgan fingerprint density at radius 3 is 2.45 bits per heavy atom. The van der Waals surface area contributed by atoms with Gasteiger partial charge in [-0.3, -0.25) is 14.4 Å². The summed E-state index contributed by atoms with van der Waals surface area (Å²) >= 11 is 1.52. The minimum absolute atomic E-state index is 0.318. The number of esters is 1. The number of carbonyl (C=O) groups is 3. The lowest BCUT2D eigenvalue weighted by Gasteiger charge is -2.12. The van der Waals surface area contributed by atoms with Crippen LogP contribution in [0.25, 0.3) is 0 Å². The zero-order valence-electron chi connectivity index (χ0n) is 16.4. The van der Waals surface area contributed by atoms with E-state index in [9.17, 15) is 14.4 Å². The number of ether oxygens (including phenoxy) is 3. The quantitative estimate of drug-likeness (QED) is 0.540. The fourth-order valence-corrected chi connectivity index (χ4v) is 2.94. The molecule has 0 aliphatic heterocycles. The zero-order chi connectivity index (χ0) is 21.1. The molecule has 0 spiro atoms. The SMILES string of the molecule is CCOc1ccc(C(=O)NCC(=O)OCC(=O)NCc2cccs2)cc1OCC. The second-order valence-corrected chi connectivity index (χ2v) is 6.76. The second kappa shape index (κ2) is 11.7. The van der Waals surface area contributed by atoms with Gasteiger partial charge in [0.1, 0.15) is 6.54 Å². The number of thiophene rings is 1. The fourth-order valence-electron chi connectivity index (χ4n) is 2.29. The summed E-state index contributed by atoms with van der Waals surface area (Å²) < 4.78 is 15.8. The molecule has 156 valence electrons. The van der Waals surface area contributed by atoms with Crippen molar-refractivity contribution in [3.05, 3.63) is 46.2 Å². The number of nitrogens with one attached hydrogen (secondary N) is 2. The molecular formula is C20H24N2O6S. The van der Waals surface area contributed by atoms with Crippen molar-refractivity contribution in [2.45, 2.75) is 20.4 Å². The van der Waals surface area contributed by atoms with Crippen molar-refractivity contribution < 1.29 is 28.6 Å². The highest BCUT2D eigenvalue weighted by atomic mass is 32.1. The molecule has 0 saturated carbocycles. The fraction of sp³-hybridized carbons (Fsp3) is 0.350. The van der Waals surface area contributed by atoms with Crippen molar-refractivity contribution in [3.63, 3.8) is 0 Å². The van der Waals surface area contributed by atoms with E-state index in [1.54, 1.807) is 18.2 Å². The highest BCUT2D eigenvalue weighted by molar-refractivity contribution is 7.09. The molecular weight excluding hydrogens is 396 g/mol. The summed E-state index contributed by atoms with van der Waals surface area (Å²) in [4.78, 5) is 36.7. The van der Waals surface area contributed by atoms with Crippen molar-refractivity contribution in [2.75, 3.05) is 26.4 Å². The molecule has 1 aromatic carbocycles. The third-order valence-electron chi connectivity index (χ3n) is 3.60. The molecule has 1 aromatic heterocycles. The maximum Gasteiger partial charge on any atom is 0.325 e. The summed E-state index contributed by atoms with van der Waals surface area (Å²) in [5.41, 5.74) is 0.318. The predicted octanol–water partition coefficient (Wildman–Crippen LogP) is 2.13. The van der Waals surface area contributed by atoms with Gasteiger partial charge in [0, 0.05) is 10.4 Å². The molecule has 0 bridgehead atoms. The topological polar surface area (TPSA) is 103 Å². The van der Waals surface area contributed by atoms with E-state index < -0.39 is 24.4 Å². The van der Waals surface area contributed by atoms with E-state index in [1.165, 1.54) is 11.3 Å². The number of rotatable bonds is 11. The van der Waals surface area contributed by atoms with Crippen LogP contribution in [0.1, 0.15) is 29.1 Å². The lowest BCUT2D eigenvalue weighted by atomic mass is 10.2. The first-order valence-electron chi connectivity index (χ1n) is 9.16. The zero-order valence-corrected chi connectivity index (χ0v) is 17.2. The standard InChI is InChI=1S/C20H24N2O6S/c1-3-26-16-8-7-14(10-17(16)27-4-2)20(25)22-12-19(24)28-13-18(23)21-11-15-6-5-9-29-15/h5-10H,3-4,11-13H2,1-2H3,(H,21,23)(H,22,25). The monoisotopic (exact) mass is 420 g/mol. The highest BCUT2D eigenvalue weighted by Crippen LogP contribution is 2.28. The largest absolute Gasteiger partial charge is 0.490 e. The van der Waals surface area contributed by atoms with Gasteiger partial charge in [0.15, 0.2) is 18.1 Å². The Bertz CT molecular complexity index is 822. The Morgan fingerprint density at radius 2 is 1.76 bits per heavy atom. The van der Waals surface area contributed by atoms with Crippen LogP contribution in [-0.4, -0.2) is 44.1 Å². The van der Waals surface area contributed by atoms with Gasteiger partial charge >= 0.3 is 5.97 Å². The number of amides is 2. The van der Waals surface area contributed by atoms with Crippen LogP contribution in [0.3, 0.4) is 0 Å². The molecule has 0 fully saturated rings. The Morgan fingerprint density at radius 1 is 1.00 bits per heavy atom. The Hall–Kier alpha value is -3.07.